The molecule has 0 bridgehead atoms. The van der Waals surface area contributed by atoms with Crippen LogP contribution in [0.4, 0.5) is 11.8 Å². The molecule has 3 rings (SSSR count). The molecular formula is C16H24N6O3. The number of nitrogens with two attached hydrogens (primary N) is 1. The highest BCUT2D eigenvalue weighted by Crippen LogP contribution is 2.27. The third-order valence-electron chi connectivity index (χ3n) is 4.86. The number of aliphatic hydroxyl groups is 1. The molecule has 1 saturated carbocycles. The Morgan fingerprint density at radius 2 is 2.28 bits per heavy atom. The van der Waals surface area contributed by atoms with Gasteiger partial charge in [0, 0.05) is 25.3 Å². The third kappa shape index (κ3) is 3.98. The van der Waals surface area contributed by atoms with Gasteiger partial charge in [-0.05, 0) is 25.2 Å². The van der Waals surface area contributed by atoms with E-state index in [4.69, 9.17) is 5.73 Å². The minimum atomic E-state index is -0.616. The van der Waals surface area contributed by atoms with Gasteiger partial charge in [0.1, 0.15) is 5.82 Å². The molecule has 0 radical (unpaired) electrons. The predicted molar refractivity (Wildman–Crippen MR) is 92.2 cm³/mol. The standard InChI is InChI=1S/C16H24N6O3/c1-9-2-3-10(6-12(9)23)20-15-11(14(17)25)7-19-16(21-15)22-5-4-18-13(24)8-22/h7,9-10,12,23H,2-6,8H2,1H3,(H2,17,25)(H,18,24)(H,19,20,21)/t9-,10-,12-/m1/s1. The van der Waals surface area contributed by atoms with Crippen LogP contribution in [-0.4, -0.2) is 58.7 Å². The lowest BCUT2D eigenvalue weighted by atomic mass is 9.85. The molecule has 1 aliphatic heterocycles. The van der Waals surface area contributed by atoms with Gasteiger partial charge < -0.3 is 26.4 Å². The van der Waals surface area contributed by atoms with E-state index in [1.807, 2.05) is 6.92 Å². The lowest BCUT2D eigenvalue weighted by Gasteiger charge is -2.32. The molecular weight excluding hydrogens is 324 g/mol. The lowest BCUT2D eigenvalue weighted by Crippen LogP contribution is -2.48. The van der Waals surface area contributed by atoms with Crippen molar-refractivity contribution in [2.24, 2.45) is 11.7 Å². The number of piperazine rings is 1. The normalized spacial score (nSPS) is 26.9. The summed E-state index contributed by atoms with van der Waals surface area (Å²) in [5.74, 6) is 0.298. The summed E-state index contributed by atoms with van der Waals surface area (Å²) in [4.78, 5) is 33.6. The van der Waals surface area contributed by atoms with E-state index in [0.717, 1.165) is 12.8 Å². The molecule has 1 aromatic heterocycles. The zero-order valence-corrected chi connectivity index (χ0v) is 14.2. The average molecular weight is 348 g/mol. The number of rotatable bonds is 4. The van der Waals surface area contributed by atoms with Crippen LogP contribution in [0.3, 0.4) is 0 Å². The second-order valence-corrected chi connectivity index (χ2v) is 6.77. The molecule has 9 heteroatoms. The molecule has 0 spiro atoms. The van der Waals surface area contributed by atoms with Crippen LogP contribution in [0, 0.1) is 5.92 Å². The van der Waals surface area contributed by atoms with Crippen LogP contribution in [0.1, 0.15) is 36.5 Å². The first-order chi connectivity index (χ1) is 11.9. The lowest BCUT2D eigenvalue weighted by molar-refractivity contribution is -0.120. The van der Waals surface area contributed by atoms with Crippen LogP contribution in [0.2, 0.25) is 0 Å². The highest BCUT2D eigenvalue weighted by atomic mass is 16.3. The van der Waals surface area contributed by atoms with Gasteiger partial charge >= 0.3 is 0 Å². The van der Waals surface area contributed by atoms with Gasteiger partial charge in [-0.25, -0.2) is 4.98 Å². The molecule has 136 valence electrons. The Balaban J connectivity index is 1.81. The number of carbonyl (C=O) groups excluding carboxylic acids is 2. The van der Waals surface area contributed by atoms with Crippen LogP contribution in [0.25, 0.3) is 0 Å². The number of nitrogens with one attached hydrogen (secondary N) is 2. The number of hydrogen-bond acceptors (Lipinski definition) is 7. The minimum absolute atomic E-state index is 0.0108. The fourth-order valence-electron chi connectivity index (χ4n) is 3.25. The van der Waals surface area contributed by atoms with Gasteiger partial charge in [0.2, 0.25) is 11.9 Å². The summed E-state index contributed by atoms with van der Waals surface area (Å²) in [6.07, 6.45) is 3.37. The predicted octanol–water partition coefficient (Wildman–Crippen LogP) is -0.527. The molecule has 1 saturated heterocycles. The Labute approximate surface area is 146 Å². The number of carbonyl (C=O) groups is 2. The summed E-state index contributed by atoms with van der Waals surface area (Å²) in [6.45, 7) is 3.32. The number of primary amides is 1. The van der Waals surface area contributed by atoms with E-state index in [9.17, 15) is 14.7 Å². The summed E-state index contributed by atoms with van der Waals surface area (Å²) in [5.41, 5.74) is 5.64. The molecule has 0 aromatic carbocycles. The smallest absolute Gasteiger partial charge is 0.254 e. The highest BCUT2D eigenvalue weighted by Gasteiger charge is 2.28. The number of nitrogens with zero attached hydrogens (tertiary/aromatic N) is 3. The van der Waals surface area contributed by atoms with Crippen molar-refractivity contribution < 1.29 is 14.7 Å². The van der Waals surface area contributed by atoms with E-state index in [-0.39, 0.29) is 36.1 Å². The number of anilines is 2. The molecule has 1 aliphatic carbocycles. The maximum Gasteiger partial charge on any atom is 0.254 e. The van der Waals surface area contributed by atoms with Crippen molar-refractivity contribution in [2.45, 2.75) is 38.3 Å². The Morgan fingerprint density at radius 1 is 1.48 bits per heavy atom. The van der Waals surface area contributed by atoms with Gasteiger partial charge in [0.05, 0.1) is 18.2 Å². The maximum absolute atomic E-state index is 11.7. The highest BCUT2D eigenvalue weighted by molar-refractivity contribution is 5.97. The average Bonchev–Trinajstić information content (AvgIpc) is 2.58. The van der Waals surface area contributed by atoms with Crippen LogP contribution in [0.5, 0.6) is 0 Å². The van der Waals surface area contributed by atoms with E-state index < -0.39 is 5.91 Å². The molecule has 2 heterocycles. The van der Waals surface area contributed by atoms with Gasteiger partial charge in [0.25, 0.3) is 5.91 Å². The summed E-state index contributed by atoms with van der Waals surface area (Å²) >= 11 is 0. The van der Waals surface area contributed by atoms with Crippen molar-refractivity contribution in [2.75, 3.05) is 29.9 Å². The summed E-state index contributed by atoms with van der Waals surface area (Å²) in [5, 5.41) is 16.1. The van der Waals surface area contributed by atoms with E-state index in [1.165, 1.54) is 6.20 Å². The Hall–Kier alpha value is -2.42. The van der Waals surface area contributed by atoms with Crippen molar-refractivity contribution >= 4 is 23.6 Å². The maximum atomic E-state index is 11.7. The fourth-order valence-corrected chi connectivity index (χ4v) is 3.25. The van der Waals surface area contributed by atoms with Crippen molar-refractivity contribution in [3.8, 4) is 0 Å². The van der Waals surface area contributed by atoms with Crippen LogP contribution in [0.15, 0.2) is 6.20 Å². The molecule has 9 nitrogen and oxygen atoms in total. The summed E-state index contributed by atoms with van der Waals surface area (Å²) in [7, 11) is 0. The molecule has 1 aromatic rings. The number of amides is 2. The number of aromatic nitrogens is 2. The molecule has 25 heavy (non-hydrogen) atoms. The molecule has 3 atom stereocenters. The fraction of sp³-hybridized carbons (Fsp3) is 0.625. The van der Waals surface area contributed by atoms with E-state index >= 15 is 0 Å². The molecule has 2 fully saturated rings. The monoisotopic (exact) mass is 348 g/mol. The number of hydrogen-bond donors (Lipinski definition) is 4. The summed E-state index contributed by atoms with van der Waals surface area (Å²) in [6, 6.07) is 0.0108. The molecule has 2 aliphatic rings. The van der Waals surface area contributed by atoms with Crippen molar-refractivity contribution in [1.29, 1.82) is 0 Å². The van der Waals surface area contributed by atoms with Crippen molar-refractivity contribution in [1.82, 2.24) is 15.3 Å². The SMILES string of the molecule is C[C@@H]1CC[C@@H](Nc2nc(N3CCNC(=O)C3)ncc2C(N)=O)C[C@H]1O. The Kier molecular flexibility index (Phi) is 5.03. The van der Waals surface area contributed by atoms with Gasteiger partial charge in [0.15, 0.2) is 0 Å². The van der Waals surface area contributed by atoms with E-state index in [2.05, 4.69) is 20.6 Å². The van der Waals surface area contributed by atoms with Crippen LogP contribution in [-0.2, 0) is 4.79 Å². The summed E-state index contributed by atoms with van der Waals surface area (Å²) < 4.78 is 0. The second kappa shape index (κ2) is 7.22. The minimum Gasteiger partial charge on any atom is -0.393 e. The zero-order chi connectivity index (χ0) is 18.0. The molecule has 5 N–H and O–H groups in total. The zero-order valence-electron chi connectivity index (χ0n) is 14.2. The van der Waals surface area contributed by atoms with Crippen molar-refractivity contribution in [3.63, 3.8) is 0 Å². The molecule has 2 amide bonds. The van der Waals surface area contributed by atoms with Crippen LogP contribution < -0.4 is 21.3 Å². The topological polar surface area (TPSA) is 133 Å². The van der Waals surface area contributed by atoms with E-state index in [1.54, 1.807) is 4.90 Å². The van der Waals surface area contributed by atoms with Gasteiger partial charge in [-0.3, -0.25) is 9.59 Å². The first-order valence-corrected chi connectivity index (χ1v) is 8.57. The second-order valence-electron chi connectivity index (χ2n) is 6.77. The number of aliphatic hydroxyl groups excluding tert-OH is 1. The third-order valence-corrected chi connectivity index (χ3v) is 4.86. The Morgan fingerprint density at radius 3 is 2.96 bits per heavy atom. The largest absolute Gasteiger partial charge is 0.393 e. The van der Waals surface area contributed by atoms with Crippen LogP contribution >= 0.6 is 0 Å². The first kappa shape index (κ1) is 17.4. The van der Waals surface area contributed by atoms with Gasteiger partial charge in [-0.15, -0.1) is 0 Å². The Bertz CT molecular complexity index is 667. The van der Waals surface area contributed by atoms with Gasteiger partial charge in [-0.2, -0.15) is 4.98 Å². The van der Waals surface area contributed by atoms with Gasteiger partial charge in [-0.1, -0.05) is 6.92 Å². The first-order valence-electron chi connectivity index (χ1n) is 8.57. The molecule has 0 unspecified atom stereocenters. The quantitative estimate of drug-likeness (QED) is 0.575. The van der Waals surface area contributed by atoms with Crippen molar-refractivity contribution in [3.05, 3.63) is 11.8 Å². The van der Waals surface area contributed by atoms with E-state index in [0.29, 0.717) is 31.3 Å².